The number of sulfonamides is 1. The summed E-state index contributed by atoms with van der Waals surface area (Å²) in [6.45, 7) is 0. The molecule has 11 nitrogen and oxygen atoms in total. The van der Waals surface area contributed by atoms with Crippen LogP contribution in [0.25, 0.3) is 22.2 Å². The Kier molecular flexibility index (Phi) is 10.0. The zero-order chi connectivity index (χ0) is 38.5. The number of benzene rings is 4. The fraction of sp³-hybridized carbons (Fsp3) is 0.182. The zero-order valence-corrected chi connectivity index (χ0v) is 28.9. The van der Waals surface area contributed by atoms with Gasteiger partial charge in [-0.15, -0.1) is 10.8 Å². The van der Waals surface area contributed by atoms with Crippen LogP contribution in [0.4, 0.5) is 26.3 Å². The standard InChI is InChI=1S/C33H25ClF6N4O7S2/c34-21-11-9-19(10-12-21)23-14-13-22(16-24(23)32(35,36)37)53(49,50)44(51-31(46)33(38,39)40)27(30-41-25-3-1-2-4-26(25)42-30)15-18-5-7-20(8-6-18)28-17-29(45)43-52(28,47)48/h1-14,16,27-28,47-48H,15,17H2,(H,41,42)(H,43,45)/t27-,28?/m0/s1. The molecule has 0 aliphatic carbocycles. The average Bonchev–Trinajstić information content (AvgIpc) is 3.64. The third-order valence-electron chi connectivity index (χ3n) is 8.18. The van der Waals surface area contributed by atoms with E-state index in [9.17, 15) is 53.5 Å². The van der Waals surface area contributed by atoms with Crippen LogP contribution in [0.5, 0.6) is 0 Å². The predicted molar refractivity (Wildman–Crippen MR) is 180 cm³/mol. The van der Waals surface area contributed by atoms with Crippen LogP contribution in [0, 0.1) is 0 Å². The molecule has 4 aromatic carbocycles. The maximum absolute atomic E-state index is 14.5. The normalized spacial score (nSPS) is 17.5. The molecule has 20 heteroatoms. The smallest absolute Gasteiger partial charge is 0.344 e. The molecule has 1 unspecified atom stereocenters. The summed E-state index contributed by atoms with van der Waals surface area (Å²) in [5, 5.41) is -0.838. The number of hydrogen-bond acceptors (Lipinski definition) is 8. The van der Waals surface area contributed by atoms with E-state index in [0.29, 0.717) is 0 Å². The fourth-order valence-electron chi connectivity index (χ4n) is 5.68. The van der Waals surface area contributed by atoms with Crippen LogP contribution in [0.1, 0.15) is 40.2 Å². The Labute approximate surface area is 303 Å². The molecule has 1 aliphatic rings. The predicted octanol–water partition coefficient (Wildman–Crippen LogP) is 8.12. The molecule has 1 saturated heterocycles. The van der Waals surface area contributed by atoms with E-state index in [-0.39, 0.29) is 55.5 Å². The zero-order valence-electron chi connectivity index (χ0n) is 26.5. The number of carbonyl (C=O) groups is 2. The molecule has 6 rings (SSSR count). The number of nitrogens with zero attached hydrogens (tertiary/aromatic N) is 2. The van der Waals surface area contributed by atoms with Gasteiger partial charge in [-0.25, -0.2) is 18.2 Å². The summed E-state index contributed by atoms with van der Waals surface area (Å²) < 4.78 is 135. The van der Waals surface area contributed by atoms with Gasteiger partial charge in [-0.1, -0.05) is 66.2 Å². The molecular formula is C33H25ClF6N4O7S2. The van der Waals surface area contributed by atoms with Crippen LogP contribution < -0.4 is 4.72 Å². The van der Waals surface area contributed by atoms with Gasteiger partial charge in [0, 0.05) is 5.02 Å². The van der Waals surface area contributed by atoms with Crippen molar-refractivity contribution in [2.24, 2.45) is 0 Å². The molecule has 4 N–H and O–H groups in total. The minimum atomic E-state index is -5.75. The van der Waals surface area contributed by atoms with E-state index in [1.54, 1.807) is 12.1 Å². The van der Waals surface area contributed by atoms with Crippen molar-refractivity contribution in [1.82, 2.24) is 19.2 Å². The maximum atomic E-state index is 14.5. The summed E-state index contributed by atoms with van der Waals surface area (Å²) in [6, 6.07) is 16.5. The molecule has 53 heavy (non-hydrogen) atoms. The second-order valence-electron chi connectivity index (χ2n) is 11.8. The second kappa shape index (κ2) is 14.0. The van der Waals surface area contributed by atoms with Gasteiger partial charge < -0.3 is 9.82 Å². The van der Waals surface area contributed by atoms with Gasteiger partial charge in [0.05, 0.1) is 27.9 Å². The highest BCUT2D eigenvalue weighted by Gasteiger charge is 2.48. The minimum Gasteiger partial charge on any atom is -0.344 e. The fourth-order valence-corrected chi connectivity index (χ4v) is 8.68. The number of carbonyl (C=O) groups excluding carboxylic acids is 2. The number of fused-ring (bicyclic) bond motifs is 1. The lowest BCUT2D eigenvalue weighted by Crippen LogP contribution is -2.42. The molecule has 0 bridgehead atoms. The number of aromatic nitrogens is 2. The number of hydroxylamine groups is 1. The largest absolute Gasteiger partial charge is 0.492 e. The molecule has 2 heterocycles. The first-order chi connectivity index (χ1) is 24.7. The van der Waals surface area contributed by atoms with Crippen LogP contribution in [0.3, 0.4) is 0 Å². The Morgan fingerprint density at radius 1 is 0.981 bits per heavy atom. The molecular weight excluding hydrogens is 778 g/mol. The molecule has 0 saturated carbocycles. The summed E-state index contributed by atoms with van der Waals surface area (Å²) >= 11 is 5.87. The van der Waals surface area contributed by atoms with Gasteiger partial charge in [-0.2, -0.15) is 26.3 Å². The molecule has 1 amide bonds. The van der Waals surface area contributed by atoms with Crippen molar-refractivity contribution < 1.29 is 58.3 Å². The number of amides is 1. The number of H-pyrrole nitrogens is 1. The van der Waals surface area contributed by atoms with Gasteiger partial charge in [0.15, 0.2) is 0 Å². The molecule has 0 radical (unpaired) electrons. The van der Waals surface area contributed by atoms with Crippen molar-refractivity contribution in [3.05, 3.63) is 119 Å². The van der Waals surface area contributed by atoms with Gasteiger partial charge in [0.2, 0.25) is 5.91 Å². The van der Waals surface area contributed by atoms with Gasteiger partial charge in [0.25, 0.3) is 10.0 Å². The Hall–Kier alpha value is -4.66. The number of hydrogen-bond donors (Lipinski definition) is 4. The molecule has 2 atom stereocenters. The van der Waals surface area contributed by atoms with Crippen molar-refractivity contribution in [2.75, 3.05) is 0 Å². The Morgan fingerprint density at radius 2 is 1.64 bits per heavy atom. The highest BCUT2D eigenvalue weighted by atomic mass is 35.5. The van der Waals surface area contributed by atoms with Crippen LogP contribution in [-0.2, 0) is 37.0 Å². The number of imidazole rings is 1. The molecule has 280 valence electrons. The summed E-state index contributed by atoms with van der Waals surface area (Å²) in [7, 11) is -9.15. The first-order valence-corrected chi connectivity index (χ1v) is 18.6. The first-order valence-electron chi connectivity index (χ1n) is 15.2. The number of rotatable bonds is 9. The third-order valence-corrected chi connectivity index (χ3v) is 11.8. The summed E-state index contributed by atoms with van der Waals surface area (Å²) in [5.74, 6) is -3.95. The number of halogens is 7. The molecule has 1 fully saturated rings. The van der Waals surface area contributed by atoms with Gasteiger partial charge in [-0.3, -0.25) is 18.6 Å². The highest BCUT2D eigenvalue weighted by molar-refractivity contribution is 8.23. The Morgan fingerprint density at radius 3 is 2.23 bits per heavy atom. The van der Waals surface area contributed by atoms with Crippen molar-refractivity contribution >= 4 is 55.3 Å². The monoisotopic (exact) mass is 802 g/mol. The Bertz CT molecular complexity index is 2270. The van der Waals surface area contributed by atoms with E-state index >= 15 is 0 Å². The second-order valence-corrected chi connectivity index (χ2v) is 15.9. The molecule has 1 aromatic heterocycles. The van der Waals surface area contributed by atoms with E-state index in [0.717, 1.165) is 12.1 Å². The van der Waals surface area contributed by atoms with E-state index in [4.69, 9.17) is 11.6 Å². The lowest BCUT2D eigenvalue weighted by Gasteiger charge is -2.33. The van der Waals surface area contributed by atoms with Crippen LogP contribution >= 0.6 is 22.4 Å². The maximum Gasteiger partial charge on any atom is 0.492 e. The number of aromatic amines is 1. The van der Waals surface area contributed by atoms with Gasteiger partial charge in [0.1, 0.15) is 17.1 Å². The average molecular weight is 803 g/mol. The van der Waals surface area contributed by atoms with Crippen LogP contribution in [-0.4, -0.2) is 50.0 Å². The van der Waals surface area contributed by atoms with Crippen LogP contribution in [0.15, 0.2) is 95.9 Å². The van der Waals surface area contributed by atoms with E-state index < -0.39 is 78.8 Å². The van der Waals surface area contributed by atoms with Crippen LogP contribution in [0.2, 0.25) is 5.02 Å². The SMILES string of the molecule is O=C1CC(c2ccc(C[C@@H](c3nc4ccccc4[nH]3)N(OC(=O)C(F)(F)F)S(=O)(=O)c3ccc(-c4ccc(Cl)cc4)c(C(F)(F)F)c3)cc2)S(O)(O)N1. The van der Waals surface area contributed by atoms with E-state index in [1.807, 2.05) is 0 Å². The van der Waals surface area contributed by atoms with Gasteiger partial charge >= 0.3 is 18.3 Å². The lowest BCUT2D eigenvalue weighted by atomic mass is 9.99. The molecule has 0 spiro atoms. The first kappa shape index (κ1) is 38.1. The van der Waals surface area contributed by atoms with Crippen molar-refractivity contribution in [3.8, 4) is 11.1 Å². The van der Waals surface area contributed by atoms with Crippen molar-refractivity contribution in [3.63, 3.8) is 0 Å². The van der Waals surface area contributed by atoms with Crippen molar-refractivity contribution in [1.29, 1.82) is 0 Å². The van der Waals surface area contributed by atoms with E-state index in [2.05, 4.69) is 19.5 Å². The number of alkyl halides is 6. The van der Waals surface area contributed by atoms with Gasteiger partial charge in [-0.05, 0) is 69.5 Å². The topological polar surface area (TPSA) is 162 Å². The Balaban J connectivity index is 1.48. The molecule has 5 aromatic rings. The number of nitrogens with one attached hydrogen (secondary N) is 2. The van der Waals surface area contributed by atoms with E-state index in [1.165, 1.54) is 60.7 Å². The van der Waals surface area contributed by atoms with Crippen molar-refractivity contribution in [2.45, 2.75) is 41.4 Å². The quantitative estimate of drug-likeness (QED) is 0.0859. The lowest BCUT2D eigenvalue weighted by molar-refractivity contribution is -0.227. The number of para-hydroxylation sites is 2. The third kappa shape index (κ3) is 7.99. The highest BCUT2D eigenvalue weighted by Crippen LogP contribution is 2.56. The minimum absolute atomic E-state index is 0.00591. The summed E-state index contributed by atoms with van der Waals surface area (Å²) in [5.41, 5.74) is -0.989. The molecule has 1 aliphatic heterocycles. The summed E-state index contributed by atoms with van der Waals surface area (Å²) in [6.07, 6.45) is -11.8. The summed E-state index contributed by atoms with van der Waals surface area (Å²) in [4.78, 5) is 34.6.